The molecule has 0 bridgehead atoms. The highest BCUT2D eigenvalue weighted by atomic mass is 35.5. The van der Waals surface area contributed by atoms with Gasteiger partial charge < -0.3 is 10.6 Å². The van der Waals surface area contributed by atoms with Crippen LogP contribution < -0.4 is 10.6 Å². The van der Waals surface area contributed by atoms with Gasteiger partial charge in [-0.15, -0.1) is 0 Å². The maximum absolute atomic E-state index is 13.9. The quantitative estimate of drug-likeness (QED) is 0.682. The van der Waals surface area contributed by atoms with Gasteiger partial charge in [-0.1, -0.05) is 35.9 Å². The maximum Gasteiger partial charge on any atom is 0.255 e. The lowest BCUT2D eigenvalue weighted by molar-refractivity contribution is 0.101. The molecule has 0 heterocycles. The van der Waals surface area contributed by atoms with Gasteiger partial charge in [-0.05, 0) is 48.5 Å². The molecule has 130 valence electrons. The summed E-state index contributed by atoms with van der Waals surface area (Å²) in [6.07, 6.45) is 0. The molecule has 3 aromatic carbocycles. The lowest BCUT2D eigenvalue weighted by atomic mass is 10.1. The van der Waals surface area contributed by atoms with Crippen LogP contribution in [0, 0.1) is 5.82 Å². The third-order valence-corrected chi connectivity index (χ3v) is 3.93. The van der Waals surface area contributed by atoms with Crippen molar-refractivity contribution in [3.8, 4) is 0 Å². The fraction of sp³-hybridized carbons (Fsp3) is 0. The Morgan fingerprint density at radius 3 is 2.04 bits per heavy atom. The van der Waals surface area contributed by atoms with E-state index in [1.54, 1.807) is 54.6 Å². The van der Waals surface area contributed by atoms with Crippen molar-refractivity contribution in [3.05, 3.63) is 94.8 Å². The molecular formula is C20H14ClFN2O2. The van der Waals surface area contributed by atoms with E-state index in [0.717, 1.165) is 0 Å². The van der Waals surface area contributed by atoms with Crippen LogP contribution in [-0.2, 0) is 0 Å². The summed E-state index contributed by atoms with van der Waals surface area (Å²) < 4.78 is 13.9. The summed E-state index contributed by atoms with van der Waals surface area (Å²) in [7, 11) is 0. The number of carbonyl (C=O) groups excluding carboxylic acids is 2. The van der Waals surface area contributed by atoms with Crippen LogP contribution >= 0.6 is 11.6 Å². The van der Waals surface area contributed by atoms with E-state index in [0.29, 0.717) is 16.8 Å². The fourth-order valence-electron chi connectivity index (χ4n) is 2.29. The highest BCUT2D eigenvalue weighted by Crippen LogP contribution is 2.22. The predicted molar refractivity (Wildman–Crippen MR) is 100 cm³/mol. The first-order chi connectivity index (χ1) is 12.5. The molecule has 0 aliphatic heterocycles. The van der Waals surface area contributed by atoms with Crippen LogP contribution in [-0.4, -0.2) is 11.8 Å². The number of hydrogen-bond acceptors (Lipinski definition) is 2. The lowest BCUT2D eigenvalue weighted by Gasteiger charge is -2.09. The van der Waals surface area contributed by atoms with E-state index in [1.807, 2.05) is 6.07 Å². The first kappa shape index (κ1) is 17.6. The van der Waals surface area contributed by atoms with Crippen LogP contribution in [0.15, 0.2) is 72.8 Å². The van der Waals surface area contributed by atoms with Gasteiger partial charge in [0.1, 0.15) is 0 Å². The van der Waals surface area contributed by atoms with Crippen LogP contribution in [0.1, 0.15) is 20.7 Å². The van der Waals surface area contributed by atoms with Crippen LogP contribution in [0.3, 0.4) is 0 Å². The Morgan fingerprint density at radius 2 is 1.35 bits per heavy atom. The van der Waals surface area contributed by atoms with Crippen LogP contribution in [0.2, 0.25) is 5.02 Å². The fourth-order valence-corrected chi connectivity index (χ4v) is 2.47. The smallest absolute Gasteiger partial charge is 0.255 e. The van der Waals surface area contributed by atoms with Crippen molar-refractivity contribution in [1.29, 1.82) is 0 Å². The molecule has 2 amide bonds. The topological polar surface area (TPSA) is 58.2 Å². The molecule has 0 fully saturated rings. The summed E-state index contributed by atoms with van der Waals surface area (Å²) in [5.74, 6) is -1.41. The largest absolute Gasteiger partial charge is 0.322 e. The average Bonchev–Trinajstić information content (AvgIpc) is 2.66. The highest BCUT2D eigenvalue weighted by Gasteiger charge is 2.12. The molecule has 0 saturated heterocycles. The summed E-state index contributed by atoms with van der Waals surface area (Å²) >= 11 is 5.70. The number of hydrogen-bond donors (Lipinski definition) is 2. The van der Waals surface area contributed by atoms with E-state index in [2.05, 4.69) is 10.6 Å². The van der Waals surface area contributed by atoms with E-state index in [-0.39, 0.29) is 16.6 Å². The van der Waals surface area contributed by atoms with Crippen molar-refractivity contribution >= 4 is 34.8 Å². The normalized spacial score (nSPS) is 10.2. The molecule has 6 heteroatoms. The number of rotatable bonds is 4. The third kappa shape index (κ3) is 4.07. The minimum absolute atomic E-state index is 0.00366. The van der Waals surface area contributed by atoms with Crippen LogP contribution in [0.5, 0.6) is 0 Å². The standard InChI is InChI=1S/C20H14ClFN2O2/c21-16-7-4-8-17(18(16)22)24-20(26)14-9-11-15(12-10-14)23-19(25)13-5-2-1-3-6-13/h1-12H,(H,23,25)(H,24,26). The molecular weight excluding hydrogens is 355 g/mol. The molecule has 0 aromatic heterocycles. The Balaban J connectivity index is 1.68. The summed E-state index contributed by atoms with van der Waals surface area (Å²) in [6.45, 7) is 0. The Hall–Kier alpha value is -3.18. The molecule has 0 aliphatic rings. The van der Waals surface area contributed by atoms with Crippen LogP contribution in [0.25, 0.3) is 0 Å². The Morgan fingerprint density at radius 1 is 0.731 bits per heavy atom. The average molecular weight is 369 g/mol. The van der Waals surface area contributed by atoms with Gasteiger partial charge in [-0.2, -0.15) is 0 Å². The zero-order valence-electron chi connectivity index (χ0n) is 13.5. The molecule has 0 unspecified atom stereocenters. The first-order valence-electron chi connectivity index (χ1n) is 7.76. The van der Waals surface area contributed by atoms with Crippen molar-refractivity contribution in [1.82, 2.24) is 0 Å². The van der Waals surface area contributed by atoms with Crippen molar-refractivity contribution < 1.29 is 14.0 Å². The van der Waals surface area contributed by atoms with E-state index >= 15 is 0 Å². The van der Waals surface area contributed by atoms with Crippen molar-refractivity contribution in [2.75, 3.05) is 10.6 Å². The minimum Gasteiger partial charge on any atom is -0.322 e. The van der Waals surface area contributed by atoms with Gasteiger partial charge in [0.2, 0.25) is 0 Å². The van der Waals surface area contributed by atoms with E-state index < -0.39 is 11.7 Å². The van der Waals surface area contributed by atoms with Gasteiger partial charge in [0.15, 0.2) is 5.82 Å². The van der Waals surface area contributed by atoms with Gasteiger partial charge in [0, 0.05) is 16.8 Å². The van der Waals surface area contributed by atoms with E-state index in [9.17, 15) is 14.0 Å². The van der Waals surface area contributed by atoms with Crippen molar-refractivity contribution in [2.24, 2.45) is 0 Å². The van der Waals surface area contributed by atoms with E-state index in [4.69, 9.17) is 11.6 Å². The zero-order chi connectivity index (χ0) is 18.5. The van der Waals surface area contributed by atoms with Crippen molar-refractivity contribution in [3.63, 3.8) is 0 Å². The van der Waals surface area contributed by atoms with Crippen molar-refractivity contribution in [2.45, 2.75) is 0 Å². The highest BCUT2D eigenvalue weighted by molar-refractivity contribution is 6.31. The molecule has 0 atom stereocenters. The predicted octanol–water partition coefficient (Wildman–Crippen LogP) is 4.98. The number of amides is 2. The first-order valence-corrected chi connectivity index (χ1v) is 8.14. The molecule has 0 aliphatic carbocycles. The lowest BCUT2D eigenvalue weighted by Crippen LogP contribution is -2.14. The summed E-state index contributed by atoms with van der Waals surface area (Å²) in [6, 6.07) is 19.4. The number of benzene rings is 3. The molecule has 3 aromatic rings. The number of nitrogens with one attached hydrogen (secondary N) is 2. The molecule has 3 rings (SSSR count). The van der Waals surface area contributed by atoms with Gasteiger partial charge in [-0.3, -0.25) is 9.59 Å². The number of carbonyl (C=O) groups is 2. The maximum atomic E-state index is 13.9. The SMILES string of the molecule is O=C(Nc1ccc(C(=O)Nc2cccc(Cl)c2F)cc1)c1ccccc1. The third-order valence-electron chi connectivity index (χ3n) is 3.64. The second-order valence-electron chi connectivity index (χ2n) is 5.45. The Labute approximate surface area is 154 Å². The molecule has 0 spiro atoms. The zero-order valence-corrected chi connectivity index (χ0v) is 14.3. The minimum atomic E-state index is -0.686. The summed E-state index contributed by atoms with van der Waals surface area (Å²) in [5, 5.41) is 5.14. The van der Waals surface area contributed by atoms with Gasteiger partial charge in [0.25, 0.3) is 11.8 Å². The van der Waals surface area contributed by atoms with Gasteiger partial charge in [0.05, 0.1) is 10.7 Å². The monoisotopic (exact) mass is 368 g/mol. The second kappa shape index (κ2) is 7.80. The van der Waals surface area contributed by atoms with Gasteiger partial charge in [-0.25, -0.2) is 4.39 Å². The summed E-state index contributed by atoms with van der Waals surface area (Å²) in [5.41, 5.74) is 1.40. The van der Waals surface area contributed by atoms with E-state index in [1.165, 1.54) is 12.1 Å². The van der Waals surface area contributed by atoms with Gasteiger partial charge >= 0.3 is 0 Å². The molecule has 0 radical (unpaired) electrons. The van der Waals surface area contributed by atoms with Crippen LogP contribution in [0.4, 0.5) is 15.8 Å². The summed E-state index contributed by atoms with van der Waals surface area (Å²) in [4.78, 5) is 24.3. The Kier molecular flexibility index (Phi) is 5.29. The molecule has 2 N–H and O–H groups in total. The molecule has 26 heavy (non-hydrogen) atoms. The molecule has 4 nitrogen and oxygen atoms in total. The Bertz CT molecular complexity index is 944. The number of halogens is 2. The molecule has 0 saturated carbocycles. The number of anilines is 2. The second-order valence-corrected chi connectivity index (χ2v) is 5.86.